The number of benzene rings is 8. The van der Waals surface area contributed by atoms with Crippen molar-refractivity contribution in [3.8, 4) is 33.6 Å². The molecule has 0 radical (unpaired) electrons. The number of nitrogens with zero attached hydrogens (tertiary/aromatic N) is 2. The fourth-order valence-electron chi connectivity index (χ4n) is 9.20. The molecule has 0 bridgehead atoms. The van der Waals surface area contributed by atoms with Gasteiger partial charge in [-0.15, -0.1) is 0 Å². The van der Waals surface area contributed by atoms with Crippen LogP contribution in [-0.4, -0.2) is 9.13 Å². The molecule has 4 heterocycles. The first-order valence-electron chi connectivity index (χ1n) is 19.7. The standard InChI is InChI=1S/C53H35N3O2/c1-2-12-52-53(54)44-28-33(22-25-51(44)58-52)39-30-42-37-16-7-9-18-45(37)55(34-13-4-3-5-14-34)48(42)31-40(39)32-21-24-47-41(27-32)36-15-6-10-19-46(36)56(47)35-23-26-50-43(29-35)38-17-8-11-20-49(38)57-50/h2-31H,54H2,1H3/b12-2-. The van der Waals surface area contributed by atoms with Gasteiger partial charge in [0.25, 0.3) is 0 Å². The third-order valence-corrected chi connectivity index (χ3v) is 11.8. The van der Waals surface area contributed by atoms with Crippen molar-refractivity contribution in [2.75, 3.05) is 5.73 Å². The Balaban J connectivity index is 1.14. The fraction of sp³-hybridized carbons (Fsp3) is 0.0189. The van der Waals surface area contributed by atoms with Crippen molar-refractivity contribution in [3.05, 3.63) is 182 Å². The maximum atomic E-state index is 6.72. The number of hydrogen-bond donors (Lipinski definition) is 1. The van der Waals surface area contributed by atoms with E-state index in [2.05, 4.69) is 161 Å². The van der Waals surface area contributed by atoms with E-state index in [9.17, 15) is 0 Å². The smallest absolute Gasteiger partial charge is 0.150 e. The number of furan rings is 2. The summed E-state index contributed by atoms with van der Waals surface area (Å²) in [6.07, 6.45) is 3.88. The number of hydrogen-bond acceptors (Lipinski definition) is 3. The lowest BCUT2D eigenvalue weighted by molar-refractivity contribution is 0.606. The number of para-hydroxylation sites is 4. The van der Waals surface area contributed by atoms with E-state index in [1.807, 2.05) is 37.3 Å². The first-order valence-corrected chi connectivity index (χ1v) is 19.7. The molecule has 2 N–H and O–H groups in total. The van der Waals surface area contributed by atoms with Crippen LogP contribution in [0.3, 0.4) is 0 Å². The minimum absolute atomic E-state index is 0.647. The van der Waals surface area contributed by atoms with Gasteiger partial charge >= 0.3 is 0 Å². The van der Waals surface area contributed by atoms with Crippen LogP contribution >= 0.6 is 0 Å². The third kappa shape index (κ3) is 4.71. The number of rotatable bonds is 5. The molecule has 0 fully saturated rings. The first kappa shape index (κ1) is 32.5. The van der Waals surface area contributed by atoms with Crippen molar-refractivity contribution < 1.29 is 8.83 Å². The Hall–Kier alpha value is -7.76. The normalized spacial score (nSPS) is 12.2. The molecule has 0 atom stereocenters. The molecular weight excluding hydrogens is 711 g/mol. The van der Waals surface area contributed by atoms with E-state index in [0.717, 1.165) is 83.1 Å². The lowest BCUT2D eigenvalue weighted by Crippen LogP contribution is -1.95. The van der Waals surface area contributed by atoms with E-state index in [-0.39, 0.29) is 0 Å². The summed E-state index contributed by atoms with van der Waals surface area (Å²) in [6.45, 7) is 1.97. The third-order valence-electron chi connectivity index (χ3n) is 11.8. The number of fused-ring (bicyclic) bond motifs is 10. The fourth-order valence-corrected chi connectivity index (χ4v) is 9.20. The Labute approximate surface area is 333 Å². The van der Waals surface area contributed by atoms with E-state index in [0.29, 0.717) is 11.4 Å². The average molecular weight is 746 g/mol. The minimum Gasteiger partial charge on any atom is -0.456 e. The van der Waals surface area contributed by atoms with Gasteiger partial charge in [0.05, 0.1) is 27.8 Å². The van der Waals surface area contributed by atoms with Crippen LogP contribution in [0, 0.1) is 0 Å². The summed E-state index contributed by atoms with van der Waals surface area (Å²) in [5, 5.41) is 7.90. The Bertz CT molecular complexity index is 3650. The highest BCUT2D eigenvalue weighted by atomic mass is 16.3. The second kappa shape index (κ2) is 12.4. The van der Waals surface area contributed by atoms with Crippen LogP contribution in [0.2, 0.25) is 0 Å². The van der Waals surface area contributed by atoms with E-state index < -0.39 is 0 Å². The zero-order valence-corrected chi connectivity index (χ0v) is 31.6. The van der Waals surface area contributed by atoms with Gasteiger partial charge in [0.2, 0.25) is 0 Å². The van der Waals surface area contributed by atoms with Crippen LogP contribution in [0.1, 0.15) is 12.7 Å². The maximum absolute atomic E-state index is 6.72. The highest BCUT2D eigenvalue weighted by molar-refractivity contribution is 6.15. The van der Waals surface area contributed by atoms with Gasteiger partial charge in [-0.05, 0) is 120 Å². The molecule has 0 saturated heterocycles. The van der Waals surface area contributed by atoms with Gasteiger partial charge in [0, 0.05) is 49.1 Å². The Morgan fingerprint density at radius 2 is 0.983 bits per heavy atom. The van der Waals surface area contributed by atoms with Crippen molar-refractivity contribution in [2.45, 2.75) is 6.92 Å². The van der Waals surface area contributed by atoms with Crippen LogP contribution < -0.4 is 5.73 Å². The van der Waals surface area contributed by atoms with Gasteiger partial charge in [0.1, 0.15) is 16.7 Å². The van der Waals surface area contributed by atoms with Crippen LogP contribution in [0.15, 0.2) is 185 Å². The molecule has 58 heavy (non-hydrogen) atoms. The molecule has 12 rings (SSSR count). The summed E-state index contributed by atoms with van der Waals surface area (Å²) in [6, 6.07) is 60.9. The zero-order chi connectivity index (χ0) is 38.5. The first-order chi connectivity index (χ1) is 28.6. The highest BCUT2D eigenvalue weighted by Crippen LogP contribution is 2.44. The average Bonchev–Trinajstić information content (AvgIpc) is 4.00. The molecule has 8 aromatic carbocycles. The summed E-state index contributed by atoms with van der Waals surface area (Å²) in [5.74, 6) is 0.679. The number of nitrogen functional groups attached to an aromatic ring is 1. The van der Waals surface area contributed by atoms with Gasteiger partial charge in [-0.1, -0.05) is 91.0 Å². The van der Waals surface area contributed by atoms with Crippen LogP contribution in [0.5, 0.6) is 0 Å². The summed E-state index contributed by atoms with van der Waals surface area (Å²) in [7, 11) is 0. The summed E-state index contributed by atoms with van der Waals surface area (Å²) >= 11 is 0. The lowest BCUT2D eigenvalue weighted by Gasteiger charge is -2.14. The number of nitrogens with two attached hydrogens (primary N) is 1. The van der Waals surface area contributed by atoms with Crippen molar-refractivity contribution in [1.29, 1.82) is 0 Å². The summed E-state index contributed by atoms with van der Waals surface area (Å²) in [4.78, 5) is 0. The Morgan fingerprint density at radius 1 is 0.414 bits per heavy atom. The largest absolute Gasteiger partial charge is 0.456 e. The molecule has 5 heteroatoms. The molecule has 0 saturated carbocycles. The second-order valence-corrected chi connectivity index (χ2v) is 15.1. The number of anilines is 1. The Morgan fingerprint density at radius 3 is 1.76 bits per heavy atom. The number of aromatic nitrogens is 2. The van der Waals surface area contributed by atoms with Gasteiger partial charge in [-0.25, -0.2) is 0 Å². The SMILES string of the molecule is C/C=C\c1oc2ccc(-c3cc4c5ccccc5n(-c5ccccc5)c4cc3-c3ccc4c(c3)c3ccccc3n4-c3ccc4oc5ccccc5c4c3)cc2c1N. The van der Waals surface area contributed by atoms with Crippen molar-refractivity contribution >= 4 is 88.3 Å². The molecule has 0 aliphatic heterocycles. The molecule has 0 aliphatic rings. The van der Waals surface area contributed by atoms with E-state index >= 15 is 0 Å². The van der Waals surface area contributed by atoms with Crippen LogP contribution in [-0.2, 0) is 0 Å². The molecule has 5 nitrogen and oxygen atoms in total. The summed E-state index contributed by atoms with van der Waals surface area (Å²) in [5.41, 5.74) is 21.2. The predicted molar refractivity (Wildman–Crippen MR) is 242 cm³/mol. The van der Waals surface area contributed by atoms with Crippen LogP contribution in [0.4, 0.5) is 5.69 Å². The number of allylic oxidation sites excluding steroid dienone is 1. The quantitative estimate of drug-likeness (QED) is 0.191. The predicted octanol–water partition coefficient (Wildman–Crippen LogP) is 14.5. The van der Waals surface area contributed by atoms with Crippen molar-refractivity contribution in [3.63, 3.8) is 0 Å². The molecule has 0 spiro atoms. The van der Waals surface area contributed by atoms with E-state index in [4.69, 9.17) is 14.6 Å². The molecular formula is C53H35N3O2. The van der Waals surface area contributed by atoms with Crippen molar-refractivity contribution in [2.24, 2.45) is 0 Å². The highest BCUT2D eigenvalue weighted by Gasteiger charge is 2.21. The zero-order valence-electron chi connectivity index (χ0n) is 31.6. The molecule has 4 aromatic heterocycles. The topological polar surface area (TPSA) is 62.2 Å². The van der Waals surface area contributed by atoms with E-state index in [1.54, 1.807) is 0 Å². The Kier molecular flexibility index (Phi) is 6.93. The van der Waals surface area contributed by atoms with Gasteiger partial charge in [-0.2, -0.15) is 0 Å². The molecule has 0 amide bonds. The molecule has 0 aliphatic carbocycles. The monoisotopic (exact) mass is 745 g/mol. The minimum atomic E-state index is 0.647. The second-order valence-electron chi connectivity index (χ2n) is 15.1. The molecule has 12 aromatic rings. The lowest BCUT2D eigenvalue weighted by atomic mass is 9.91. The van der Waals surface area contributed by atoms with E-state index in [1.165, 1.54) is 27.1 Å². The van der Waals surface area contributed by atoms with Gasteiger partial charge in [-0.3, -0.25) is 0 Å². The molecule has 0 unspecified atom stereocenters. The van der Waals surface area contributed by atoms with Gasteiger partial charge < -0.3 is 23.7 Å². The van der Waals surface area contributed by atoms with Gasteiger partial charge in [0.15, 0.2) is 5.76 Å². The van der Waals surface area contributed by atoms with Crippen molar-refractivity contribution in [1.82, 2.24) is 9.13 Å². The summed E-state index contributed by atoms with van der Waals surface area (Å²) < 4.78 is 17.2. The molecule has 274 valence electrons. The van der Waals surface area contributed by atoms with Crippen LogP contribution in [0.25, 0.3) is 116 Å². The maximum Gasteiger partial charge on any atom is 0.150 e.